The van der Waals surface area contributed by atoms with E-state index in [1.54, 1.807) is 18.2 Å². The Hall–Kier alpha value is -1.66. The Morgan fingerprint density at radius 1 is 1.33 bits per heavy atom. The molecule has 4 rings (SSSR count). The van der Waals surface area contributed by atoms with Crippen LogP contribution in [0.4, 0.5) is 0 Å². The average molecular weight is 404 g/mol. The molecule has 1 aromatic heterocycles. The molecule has 2 aromatic rings. The molecule has 0 radical (unpaired) electrons. The predicted octanol–water partition coefficient (Wildman–Crippen LogP) is 4.68. The maximum absolute atomic E-state index is 12.6. The van der Waals surface area contributed by atoms with Crippen LogP contribution in [0.1, 0.15) is 61.3 Å². The van der Waals surface area contributed by atoms with Gasteiger partial charge in [0.25, 0.3) is 0 Å². The highest BCUT2D eigenvalue weighted by molar-refractivity contribution is 7.99. The lowest BCUT2D eigenvalue weighted by Crippen LogP contribution is -2.32. The third kappa shape index (κ3) is 2.76. The summed E-state index contributed by atoms with van der Waals surface area (Å²) >= 11 is 7.34. The van der Waals surface area contributed by atoms with Crippen molar-refractivity contribution in [3.8, 4) is 5.75 Å². The number of hydrogen-bond acceptors (Lipinski definition) is 6. The van der Waals surface area contributed by atoms with Crippen LogP contribution in [0.3, 0.4) is 0 Å². The normalized spacial score (nSPS) is 24.7. The van der Waals surface area contributed by atoms with Crippen molar-refractivity contribution in [3.63, 3.8) is 0 Å². The summed E-state index contributed by atoms with van der Waals surface area (Å²) in [6, 6.07) is 5.04. The molecular formula is C20H22ClN3O2S. The van der Waals surface area contributed by atoms with Crippen LogP contribution < -0.4 is 4.74 Å². The summed E-state index contributed by atoms with van der Waals surface area (Å²) in [6.45, 7) is 6.88. The van der Waals surface area contributed by atoms with Gasteiger partial charge in [-0.1, -0.05) is 44.1 Å². The largest absolute Gasteiger partial charge is 0.496 e. The summed E-state index contributed by atoms with van der Waals surface area (Å²) in [5.74, 6) is 1.08. The fraction of sp³-hybridized carbons (Fsp3) is 0.500. The van der Waals surface area contributed by atoms with E-state index in [1.165, 1.54) is 18.9 Å². The first-order valence-electron chi connectivity index (χ1n) is 9.02. The van der Waals surface area contributed by atoms with Crippen molar-refractivity contribution in [2.24, 2.45) is 5.41 Å². The van der Waals surface area contributed by atoms with E-state index < -0.39 is 0 Å². The second kappa shape index (κ2) is 6.45. The highest BCUT2D eigenvalue weighted by Crippen LogP contribution is 2.66. The number of thioether (sulfide) groups is 1. The fourth-order valence-electron chi connectivity index (χ4n) is 4.53. The number of methoxy groups -OCH3 is 1. The number of carbonyl (C=O) groups is 1. The number of carbonyl (C=O) groups excluding carboxylic acids is 1. The Bertz CT molecular complexity index is 933. The first-order chi connectivity index (χ1) is 12.8. The SMILES string of the molecule is COc1ccc(Cl)cc1C(=O)CSc1nnc2c(n1)[C@@]1(C)CC[C@@H]2C1(C)C. The molecule has 2 atom stereocenters. The van der Waals surface area contributed by atoms with Crippen LogP contribution in [0.25, 0.3) is 0 Å². The Morgan fingerprint density at radius 2 is 2.11 bits per heavy atom. The zero-order valence-corrected chi connectivity index (χ0v) is 17.4. The minimum Gasteiger partial charge on any atom is -0.496 e. The summed E-state index contributed by atoms with van der Waals surface area (Å²) in [5.41, 5.74) is 2.75. The lowest BCUT2D eigenvalue weighted by Gasteiger charge is -2.33. The number of nitrogens with zero attached hydrogens (tertiary/aromatic N) is 3. The van der Waals surface area contributed by atoms with Crippen LogP contribution in [0.15, 0.2) is 23.4 Å². The molecule has 2 bridgehead atoms. The number of ketones is 1. The van der Waals surface area contributed by atoms with Gasteiger partial charge in [0.2, 0.25) is 5.16 Å². The smallest absolute Gasteiger partial charge is 0.209 e. The summed E-state index contributed by atoms with van der Waals surface area (Å²) < 4.78 is 5.27. The van der Waals surface area contributed by atoms with E-state index in [9.17, 15) is 4.79 Å². The van der Waals surface area contributed by atoms with Gasteiger partial charge in [-0.15, -0.1) is 5.10 Å². The van der Waals surface area contributed by atoms with Crippen molar-refractivity contribution < 1.29 is 9.53 Å². The molecule has 2 aliphatic rings. The van der Waals surface area contributed by atoms with E-state index in [1.807, 2.05) is 0 Å². The third-order valence-corrected chi connectivity index (χ3v) is 7.64. The topological polar surface area (TPSA) is 65.0 Å². The van der Waals surface area contributed by atoms with Crippen molar-refractivity contribution in [2.45, 2.75) is 50.1 Å². The summed E-state index contributed by atoms with van der Waals surface area (Å²) in [7, 11) is 1.54. The molecule has 142 valence electrons. The molecule has 0 N–H and O–H groups in total. The van der Waals surface area contributed by atoms with Crippen LogP contribution in [0, 0.1) is 5.41 Å². The number of rotatable bonds is 5. The lowest BCUT2D eigenvalue weighted by molar-refractivity contribution is 0.101. The molecule has 0 aliphatic heterocycles. The van der Waals surface area contributed by atoms with E-state index in [0.29, 0.717) is 27.4 Å². The number of ether oxygens (including phenoxy) is 1. The van der Waals surface area contributed by atoms with E-state index in [4.69, 9.17) is 21.3 Å². The molecular weight excluding hydrogens is 382 g/mol. The summed E-state index contributed by atoms with van der Waals surface area (Å²) in [5, 5.41) is 9.83. The standard InChI is InChI=1S/C20H22ClN3O2S/c1-19(2)13-7-8-20(19,3)17-16(13)23-24-18(22-17)27-10-14(25)12-9-11(21)5-6-15(12)26-4/h5-6,9,13H,7-8,10H2,1-4H3/t13-,20+/m0/s1. The van der Waals surface area contributed by atoms with Crippen LogP contribution in [-0.2, 0) is 5.41 Å². The van der Waals surface area contributed by atoms with Crippen LogP contribution in [-0.4, -0.2) is 33.8 Å². The number of Topliss-reactive ketones (excluding diaryl/α,β-unsaturated/α-hetero) is 1. The second-order valence-corrected chi connectivity index (χ2v) is 9.41. The van der Waals surface area contributed by atoms with Gasteiger partial charge in [-0.3, -0.25) is 4.79 Å². The zero-order chi connectivity index (χ0) is 19.4. The summed E-state index contributed by atoms with van der Waals surface area (Å²) in [6.07, 6.45) is 2.27. The van der Waals surface area contributed by atoms with Gasteiger partial charge >= 0.3 is 0 Å². The van der Waals surface area contributed by atoms with Gasteiger partial charge in [-0.05, 0) is 36.5 Å². The minimum atomic E-state index is -0.0727. The molecule has 0 unspecified atom stereocenters. The van der Waals surface area contributed by atoms with Crippen molar-refractivity contribution in [1.82, 2.24) is 15.2 Å². The quantitative estimate of drug-likeness (QED) is 0.533. The number of aromatic nitrogens is 3. The minimum absolute atomic E-state index is 0.0262. The van der Waals surface area contributed by atoms with Gasteiger partial charge in [0.1, 0.15) is 5.75 Å². The molecule has 1 aromatic carbocycles. The van der Waals surface area contributed by atoms with Gasteiger partial charge in [0.05, 0.1) is 29.8 Å². The molecule has 0 amide bonds. The van der Waals surface area contributed by atoms with Crippen molar-refractivity contribution in [2.75, 3.05) is 12.9 Å². The number of fused-ring (bicyclic) bond motifs is 5. The van der Waals surface area contributed by atoms with Crippen molar-refractivity contribution in [1.29, 1.82) is 0 Å². The number of benzene rings is 1. The van der Waals surface area contributed by atoms with E-state index >= 15 is 0 Å². The van der Waals surface area contributed by atoms with Gasteiger partial charge in [-0.25, -0.2) is 4.98 Å². The molecule has 5 nitrogen and oxygen atoms in total. The van der Waals surface area contributed by atoms with Gasteiger partial charge < -0.3 is 4.74 Å². The first kappa shape index (κ1) is 18.7. The Kier molecular flexibility index (Phi) is 4.47. The number of hydrogen-bond donors (Lipinski definition) is 0. The van der Waals surface area contributed by atoms with E-state index in [0.717, 1.165) is 24.2 Å². The van der Waals surface area contributed by atoms with Gasteiger partial charge in [0, 0.05) is 16.4 Å². The van der Waals surface area contributed by atoms with Gasteiger partial charge in [0.15, 0.2) is 5.78 Å². The van der Waals surface area contributed by atoms with Crippen LogP contribution in [0.5, 0.6) is 5.75 Å². The van der Waals surface area contributed by atoms with Crippen molar-refractivity contribution >= 4 is 29.1 Å². The zero-order valence-electron chi connectivity index (χ0n) is 15.9. The first-order valence-corrected chi connectivity index (χ1v) is 10.4. The highest BCUT2D eigenvalue weighted by Gasteiger charge is 2.61. The average Bonchev–Trinajstić information content (AvgIpc) is 2.98. The molecule has 7 heteroatoms. The van der Waals surface area contributed by atoms with Crippen molar-refractivity contribution in [3.05, 3.63) is 40.2 Å². The Morgan fingerprint density at radius 3 is 2.85 bits per heavy atom. The molecule has 27 heavy (non-hydrogen) atoms. The lowest BCUT2D eigenvalue weighted by atomic mass is 9.70. The molecule has 0 saturated heterocycles. The molecule has 1 heterocycles. The Balaban J connectivity index is 1.55. The second-order valence-electron chi connectivity index (χ2n) is 8.03. The van der Waals surface area contributed by atoms with Crippen LogP contribution >= 0.6 is 23.4 Å². The van der Waals surface area contributed by atoms with Gasteiger partial charge in [-0.2, -0.15) is 5.10 Å². The highest BCUT2D eigenvalue weighted by atomic mass is 35.5. The van der Waals surface area contributed by atoms with E-state index in [-0.39, 0.29) is 22.4 Å². The number of halogens is 1. The molecule has 2 aliphatic carbocycles. The predicted molar refractivity (Wildman–Crippen MR) is 106 cm³/mol. The molecule has 0 spiro atoms. The maximum Gasteiger partial charge on any atom is 0.209 e. The maximum atomic E-state index is 12.6. The third-order valence-electron chi connectivity index (χ3n) is 6.57. The molecule has 1 fully saturated rings. The van der Waals surface area contributed by atoms with Crippen LogP contribution in [0.2, 0.25) is 5.02 Å². The fourth-order valence-corrected chi connectivity index (χ4v) is 5.37. The Labute approximate surface area is 168 Å². The monoisotopic (exact) mass is 403 g/mol. The van der Waals surface area contributed by atoms with E-state index in [2.05, 4.69) is 31.0 Å². The summed E-state index contributed by atoms with van der Waals surface area (Å²) in [4.78, 5) is 17.5. The molecule has 1 saturated carbocycles.